The highest BCUT2D eigenvalue weighted by Gasteiger charge is 2.27. The fraction of sp³-hybridized carbons (Fsp3) is 0.294. The molecule has 3 amide bonds. The zero-order valence-electron chi connectivity index (χ0n) is 25.3. The molecule has 0 unspecified atom stereocenters. The average Bonchev–Trinajstić information content (AvgIpc) is 3.27. The van der Waals surface area contributed by atoms with Crippen molar-refractivity contribution in [1.82, 2.24) is 24.9 Å². The lowest BCUT2D eigenvalue weighted by molar-refractivity contribution is 0.0877. The Hall–Kier alpha value is -4.96. The third-order valence-electron chi connectivity index (χ3n) is 8.46. The number of aromatic nitrogens is 2. The Morgan fingerprint density at radius 1 is 0.909 bits per heavy atom. The van der Waals surface area contributed by atoms with E-state index in [2.05, 4.69) is 20.6 Å². The number of nitrogens with one attached hydrogen (secondary N) is 2. The zero-order chi connectivity index (χ0) is 30.8. The molecule has 0 aliphatic carbocycles. The monoisotopic (exact) mass is 591 g/mol. The second kappa shape index (κ2) is 12.3. The molecule has 2 N–H and O–H groups in total. The standard InChI is InChI=1S/C34H37N7O3/c1-23-8-10-25(11-9-23)31(42)22-39-14-16-40(17-15-39)34(44)35-19-27-13-12-26(18-24(27)2)33(43)41-21-28-20-36-38(3)32(28)37-29-6-4-5-7-30(29)41/h4-13,18,20,37H,14-17,19,21-22H2,1-3H3,(H,35,44). The summed E-state index contributed by atoms with van der Waals surface area (Å²) >= 11 is 0. The van der Waals surface area contributed by atoms with E-state index in [0.29, 0.717) is 51.4 Å². The number of rotatable bonds is 6. The van der Waals surface area contributed by atoms with Crippen LogP contribution in [0.1, 0.15) is 43.0 Å². The first-order valence-corrected chi connectivity index (χ1v) is 14.9. The number of hydrogen-bond acceptors (Lipinski definition) is 6. The summed E-state index contributed by atoms with van der Waals surface area (Å²) in [4.78, 5) is 45.1. The van der Waals surface area contributed by atoms with Gasteiger partial charge in [-0.15, -0.1) is 0 Å². The second-order valence-corrected chi connectivity index (χ2v) is 11.5. The Labute approximate surface area is 257 Å². The van der Waals surface area contributed by atoms with E-state index < -0.39 is 0 Å². The fourth-order valence-corrected chi connectivity index (χ4v) is 5.75. The molecule has 10 nitrogen and oxygen atoms in total. The quantitative estimate of drug-likeness (QED) is 0.317. The number of Topliss-reactive ketones (excluding diaryl/α,β-unsaturated/α-hetero) is 1. The van der Waals surface area contributed by atoms with Crippen molar-refractivity contribution in [3.05, 3.63) is 106 Å². The van der Waals surface area contributed by atoms with Crippen LogP contribution in [0, 0.1) is 13.8 Å². The summed E-state index contributed by atoms with van der Waals surface area (Å²) in [6.07, 6.45) is 1.79. The number of hydrogen-bond donors (Lipinski definition) is 2. The summed E-state index contributed by atoms with van der Waals surface area (Å²) in [6.45, 7) is 7.49. The molecule has 3 aromatic carbocycles. The van der Waals surface area contributed by atoms with Crippen molar-refractivity contribution in [3.8, 4) is 0 Å². The highest BCUT2D eigenvalue weighted by atomic mass is 16.2. The van der Waals surface area contributed by atoms with Crippen molar-refractivity contribution >= 4 is 34.9 Å². The normalized spacial score (nSPS) is 14.7. The molecule has 10 heteroatoms. The van der Waals surface area contributed by atoms with E-state index in [-0.39, 0.29) is 17.7 Å². The number of urea groups is 1. The van der Waals surface area contributed by atoms with E-state index >= 15 is 0 Å². The number of benzene rings is 3. The van der Waals surface area contributed by atoms with Gasteiger partial charge in [-0.1, -0.05) is 48.0 Å². The molecule has 0 radical (unpaired) electrons. The third-order valence-corrected chi connectivity index (χ3v) is 8.46. The van der Waals surface area contributed by atoms with Gasteiger partial charge in [0, 0.05) is 56.5 Å². The van der Waals surface area contributed by atoms with Gasteiger partial charge in [-0.05, 0) is 49.2 Å². The molecule has 1 aromatic heterocycles. The molecule has 0 spiro atoms. The summed E-state index contributed by atoms with van der Waals surface area (Å²) in [7, 11) is 1.88. The van der Waals surface area contributed by atoms with E-state index in [4.69, 9.17) is 0 Å². The minimum Gasteiger partial charge on any atom is -0.338 e. The fourth-order valence-electron chi connectivity index (χ4n) is 5.75. The first kappa shape index (κ1) is 29.1. The lowest BCUT2D eigenvalue weighted by Gasteiger charge is -2.34. The third kappa shape index (κ3) is 6.07. The van der Waals surface area contributed by atoms with Crippen LogP contribution in [0.5, 0.6) is 0 Å². The van der Waals surface area contributed by atoms with Crippen LogP contribution in [-0.2, 0) is 20.1 Å². The summed E-state index contributed by atoms with van der Waals surface area (Å²) in [5.74, 6) is 0.861. The lowest BCUT2D eigenvalue weighted by atomic mass is 10.0. The van der Waals surface area contributed by atoms with Gasteiger partial charge in [-0.2, -0.15) is 5.10 Å². The van der Waals surface area contributed by atoms with Gasteiger partial charge in [-0.25, -0.2) is 4.79 Å². The van der Waals surface area contributed by atoms with Crippen LogP contribution in [0.3, 0.4) is 0 Å². The lowest BCUT2D eigenvalue weighted by Crippen LogP contribution is -2.52. The first-order valence-electron chi connectivity index (χ1n) is 14.9. The van der Waals surface area contributed by atoms with Crippen LogP contribution >= 0.6 is 0 Å². The molecular formula is C34H37N7O3. The minimum atomic E-state index is -0.130. The van der Waals surface area contributed by atoms with Crippen LogP contribution in [0.2, 0.25) is 0 Å². The number of aryl methyl sites for hydroxylation is 3. The number of fused-ring (bicyclic) bond motifs is 2. The molecular weight excluding hydrogens is 554 g/mol. The maximum absolute atomic E-state index is 13.8. The minimum absolute atomic E-state index is 0.0962. The Morgan fingerprint density at radius 3 is 2.39 bits per heavy atom. The van der Waals surface area contributed by atoms with Crippen molar-refractivity contribution in [3.63, 3.8) is 0 Å². The zero-order valence-corrected chi connectivity index (χ0v) is 25.3. The molecule has 3 heterocycles. The van der Waals surface area contributed by atoms with Crippen molar-refractivity contribution < 1.29 is 14.4 Å². The summed E-state index contributed by atoms with van der Waals surface area (Å²) in [5, 5.41) is 10.8. The SMILES string of the molecule is Cc1ccc(C(=O)CN2CCN(C(=O)NCc3ccc(C(=O)N4Cc5cnn(C)c5Nc5ccccc54)cc3C)CC2)cc1. The number of piperazine rings is 1. The van der Waals surface area contributed by atoms with Crippen molar-refractivity contribution in [2.24, 2.45) is 7.05 Å². The molecule has 0 atom stereocenters. The van der Waals surface area contributed by atoms with Gasteiger partial charge in [0.15, 0.2) is 5.78 Å². The van der Waals surface area contributed by atoms with Crippen molar-refractivity contribution in [1.29, 1.82) is 0 Å². The number of nitrogens with zero attached hydrogens (tertiary/aromatic N) is 5. The van der Waals surface area contributed by atoms with Crippen molar-refractivity contribution in [2.75, 3.05) is 42.9 Å². The van der Waals surface area contributed by atoms with Crippen LogP contribution < -0.4 is 15.5 Å². The van der Waals surface area contributed by atoms with E-state index in [1.54, 1.807) is 20.7 Å². The summed E-state index contributed by atoms with van der Waals surface area (Å²) in [5.41, 5.74) is 6.89. The second-order valence-electron chi connectivity index (χ2n) is 11.5. The summed E-state index contributed by atoms with van der Waals surface area (Å²) in [6, 6.07) is 20.9. The topological polar surface area (TPSA) is 103 Å². The number of para-hydroxylation sites is 2. The van der Waals surface area contributed by atoms with E-state index in [1.807, 2.05) is 87.6 Å². The first-order chi connectivity index (χ1) is 21.3. The Morgan fingerprint density at radius 2 is 1.64 bits per heavy atom. The van der Waals surface area contributed by atoms with Crippen LogP contribution in [0.25, 0.3) is 0 Å². The molecule has 6 rings (SSSR count). The molecule has 0 bridgehead atoms. The van der Waals surface area contributed by atoms with E-state index in [9.17, 15) is 14.4 Å². The van der Waals surface area contributed by atoms with Gasteiger partial charge in [-0.3, -0.25) is 19.2 Å². The van der Waals surface area contributed by atoms with Gasteiger partial charge in [0.1, 0.15) is 5.82 Å². The van der Waals surface area contributed by atoms with Crippen LogP contribution in [0.4, 0.5) is 22.0 Å². The largest absolute Gasteiger partial charge is 0.338 e. The van der Waals surface area contributed by atoms with Gasteiger partial charge >= 0.3 is 6.03 Å². The predicted molar refractivity (Wildman–Crippen MR) is 170 cm³/mol. The molecule has 0 saturated carbocycles. The predicted octanol–water partition coefficient (Wildman–Crippen LogP) is 4.65. The number of carbonyl (C=O) groups excluding carboxylic acids is 3. The number of carbonyl (C=O) groups is 3. The average molecular weight is 592 g/mol. The van der Waals surface area contributed by atoms with Crippen molar-refractivity contribution in [2.45, 2.75) is 26.9 Å². The maximum atomic E-state index is 13.8. The molecule has 4 aromatic rings. The number of amides is 3. The van der Waals surface area contributed by atoms with Crippen LogP contribution in [0.15, 0.2) is 72.9 Å². The van der Waals surface area contributed by atoms with E-state index in [0.717, 1.165) is 45.0 Å². The Bertz CT molecular complexity index is 1700. The van der Waals surface area contributed by atoms with Gasteiger partial charge in [0.05, 0.1) is 30.7 Å². The Kier molecular flexibility index (Phi) is 8.17. The smallest absolute Gasteiger partial charge is 0.317 e. The molecule has 1 fully saturated rings. The molecule has 2 aliphatic rings. The van der Waals surface area contributed by atoms with Gasteiger partial charge in [0.25, 0.3) is 5.91 Å². The Balaban J connectivity index is 1.05. The number of anilines is 3. The molecule has 1 saturated heterocycles. The van der Waals surface area contributed by atoms with E-state index in [1.165, 1.54) is 0 Å². The highest BCUT2D eigenvalue weighted by molar-refractivity contribution is 6.08. The number of ketones is 1. The van der Waals surface area contributed by atoms with Gasteiger partial charge in [0.2, 0.25) is 0 Å². The molecule has 226 valence electrons. The summed E-state index contributed by atoms with van der Waals surface area (Å²) < 4.78 is 1.78. The molecule has 44 heavy (non-hydrogen) atoms. The van der Waals surface area contributed by atoms with Crippen LogP contribution in [-0.4, -0.2) is 70.0 Å². The van der Waals surface area contributed by atoms with Gasteiger partial charge < -0.3 is 20.4 Å². The molecule has 2 aliphatic heterocycles. The maximum Gasteiger partial charge on any atom is 0.317 e. The highest BCUT2D eigenvalue weighted by Crippen LogP contribution is 2.36.